The third-order valence-corrected chi connectivity index (χ3v) is 5.18. The van der Waals surface area contributed by atoms with Crippen molar-refractivity contribution in [1.29, 1.82) is 0 Å². The lowest BCUT2D eigenvalue weighted by atomic mass is 10.1. The molecule has 0 spiro atoms. The van der Waals surface area contributed by atoms with Crippen LogP contribution in [0.3, 0.4) is 0 Å². The van der Waals surface area contributed by atoms with Crippen molar-refractivity contribution in [3.05, 3.63) is 57.7 Å². The highest BCUT2D eigenvalue weighted by Gasteiger charge is 2.17. The molecule has 0 amide bonds. The molecule has 3 aromatic rings. The van der Waals surface area contributed by atoms with Crippen LogP contribution in [0, 0.1) is 0 Å². The highest BCUT2D eigenvalue weighted by molar-refractivity contribution is 6.32. The minimum absolute atomic E-state index is 0.0665. The van der Waals surface area contributed by atoms with E-state index in [0.717, 1.165) is 30.9 Å². The van der Waals surface area contributed by atoms with Gasteiger partial charge in [-0.25, -0.2) is 0 Å². The van der Waals surface area contributed by atoms with Crippen LogP contribution in [0.25, 0.3) is 22.3 Å². The van der Waals surface area contributed by atoms with Gasteiger partial charge in [0.05, 0.1) is 17.5 Å². The molecular formula is C21H21ClN2O3. The average molecular weight is 385 g/mol. The maximum Gasteiger partial charge on any atom is 0.193 e. The first-order valence-corrected chi connectivity index (χ1v) is 9.33. The molecule has 0 radical (unpaired) electrons. The lowest BCUT2D eigenvalue weighted by molar-refractivity contribution is 0.415. The van der Waals surface area contributed by atoms with E-state index in [9.17, 15) is 4.79 Å². The monoisotopic (exact) mass is 384 g/mol. The Morgan fingerprint density at radius 3 is 2.81 bits per heavy atom. The SMILES string of the molecule is COc1ccc(-c2cc(=O)c3cc(N4CCN[C@H](C)C4)ccc3o2)cc1Cl. The zero-order chi connectivity index (χ0) is 19.0. The molecule has 2 heterocycles. The Balaban J connectivity index is 1.73. The van der Waals surface area contributed by atoms with Crippen LogP contribution in [-0.2, 0) is 0 Å². The van der Waals surface area contributed by atoms with Crippen molar-refractivity contribution in [2.75, 3.05) is 31.6 Å². The van der Waals surface area contributed by atoms with Gasteiger partial charge in [-0.2, -0.15) is 0 Å². The van der Waals surface area contributed by atoms with Gasteiger partial charge < -0.3 is 19.4 Å². The van der Waals surface area contributed by atoms with Gasteiger partial charge >= 0.3 is 0 Å². The number of halogens is 1. The molecule has 1 aromatic heterocycles. The van der Waals surface area contributed by atoms with Crippen molar-refractivity contribution in [2.45, 2.75) is 13.0 Å². The largest absolute Gasteiger partial charge is 0.495 e. The summed E-state index contributed by atoms with van der Waals surface area (Å²) in [6.45, 7) is 4.93. The number of ether oxygens (including phenoxy) is 1. The molecule has 0 unspecified atom stereocenters. The number of fused-ring (bicyclic) bond motifs is 1. The van der Waals surface area contributed by atoms with Gasteiger partial charge in [-0.1, -0.05) is 11.6 Å². The maximum atomic E-state index is 12.7. The van der Waals surface area contributed by atoms with Gasteiger partial charge in [0.15, 0.2) is 5.43 Å². The summed E-state index contributed by atoms with van der Waals surface area (Å²) in [6, 6.07) is 13.1. The number of anilines is 1. The third-order valence-electron chi connectivity index (χ3n) is 4.88. The van der Waals surface area contributed by atoms with Gasteiger partial charge in [-0.15, -0.1) is 0 Å². The molecule has 1 N–H and O–H groups in total. The zero-order valence-electron chi connectivity index (χ0n) is 15.3. The molecule has 27 heavy (non-hydrogen) atoms. The fraction of sp³-hybridized carbons (Fsp3) is 0.286. The summed E-state index contributed by atoms with van der Waals surface area (Å²) in [4.78, 5) is 15.0. The fourth-order valence-electron chi connectivity index (χ4n) is 3.47. The van der Waals surface area contributed by atoms with Crippen LogP contribution in [-0.4, -0.2) is 32.8 Å². The first kappa shape index (κ1) is 17.9. The molecular weight excluding hydrogens is 364 g/mol. The van der Waals surface area contributed by atoms with Crippen molar-refractivity contribution < 1.29 is 9.15 Å². The topological polar surface area (TPSA) is 54.7 Å². The van der Waals surface area contributed by atoms with Gasteiger partial charge in [0.25, 0.3) is 0 Å². The second kappa shape index (κ2) is 7.25. The van der Waals surface area contributed by atoms with Crippen molar-refractivity contribution >= 4 is 28.3 Å². The van der Waals surface area contributed by atoms with E-state index < -0.39 is 0 Å². The Labute approximate surface area is 162 Å². The lowest BCUT2D eigenvalue weighted by Gasteiger charge is -2.33. The van der Waals surface area contributed by atoms with E-state index in [1.165, 1.54) is 6.07 Å². The third kappa shape index (κ3) is 3.53. The van der Waals surface area contributed by atoms with E-state index >= 15 is 0 Å². The van der Waals surface area contributed by atoms with Crippen molar-refractivity contribution in [2.24, 2.45) is 0 Å². The number of hydrogen-bond acceptors (Lipinski definition) is 5. The van der Waals surface area contributed by atoms with E-state index in [0.29, 0.717) is 33.5 Å². The molecule has 6 heteroatoms. The summed E-state index contributed by atoms with van der Waals surface area (Å²) in [5.74, 6) is 1.07. The van der Waals surface area contributed by atoms with Crippen LogP contribution < -0.4 is 20.4 Å². The number of nitrogens with zero attached hydrogens (tertiary/aromatic N) is 1. The average Bonchev–Trinajstić information content (AvgIpc) is 2.67. The van der Waals surface area contributed by atoms with E-state index in [4.69, 9.17) is 20.8 Å². The van der Waals surface area contributed by atoms with Crippen LogP contribution in [0.1, 0.15) is 6.92 Å². The van der Waals surface area contributed by atoms with E-state index in [2.05, 4.69) is 17.1 Å². The van der Waals surface area contributed by atoms with E-state index in [1.807, 2.05) is 24.3 Å². The molecule has 140 valence electrons. The summed E-state index contributed by atoms with van der Waals surface area (Å²) in [7, 11) is 1.56. The molecule has 0 aliphatic carbocycles. The number of benzene rings is 2. The zero-order valence-corrected chi connectivity index (χ0v) is 16.0. The number of hydrogen-bond donors (Lipinski definition) is 1. The minimum Gasteiger partial charge on any atom is -0.495 e. The second-order valence-corrected chi connectivity index (χ2v) is 7.21. The molecule has 0 saturated carbocycles. The summed E-state index contributed by atoms with van der Waals surface area (Å²) in [5, 5.41) is 4.49. The molecule has 1 aliphatic heterocycles. The highest BCUT2D eigenvalue weighted by Crippen LogP contribution is 2.31. The first-order valence-electron chi connectivity index (χ1n) is 8.95. The fourth-order valence-corrected chi connectivity index (χ4v) is 3.73. The van der Waals surface area contributed by atoms with E-state index in [1.54, 1.807) is 19.2 Å². The van der Waals surface area contributed by atoms with Crippen LogP contribution in [0.15, 0.2) is 51.7 Å². The normalized spacial score (nSPS) is 17.3. The molecule has 0 bridgehead atoms. The molecule has 2 aromatic carbocycles. The smallest absolute Gasteiger partial charge is 0.193 e. The lowest BCUT2D eigenvalue weighted by Crippen LogP contribution is -2.49. The Morgan fingerprint density at radius 1 is 1.22 bits per heavy atom. The van der Waals surface area contributed by atoms with Crippen LogP contribution in [0.5, 0.6) is 5.75 Å². The van der Waals surface area contributed by atoms with Crippen LogP contribution in [0.2, 0.25) is 5.02 Å². The Bertz CT molecular complexity index is 1050. The number of rotatable bonds is 3. The minimum atomic E-state index is -0.0665. The van der Waals surface area contributed by atoms with Crippen molar-refractivity contribution in [1.82, 2.24) is 5.32 Å². The second-order valence-electron chi connectivity index (χ2n) is 6.81. The summed E-state index contributed by atoms with van der Waals surface area (Å²) < 4.78 is 11.2. The summed E-state index contributed by atoms with van der Waals surface area (Å²) in [5.41, 5.74) is 2.28. The summed E-state index contributed by atoms with van der Waals surface area (Å²) >= 11 is 6.20. The summed E-state index contributed by atoms with van der Waals surface area (Å²) in [6.07, 6.45) is 0. The molecule has 1 aliphatic rings. The van der Waals surface area contributed by atoms with Gasteiger partial charge in [0.2, 0.25) is 0 Å². The van der Waals surface area contributed by atoms with Gasteiger partial charge in [-0.3, -0.25) is 4.79 Å². The van der Waals surface area contributed by atoms with Crippen LogP contribution >= 0.6 is 11.6 Å². The van der Waals surface area contributed by atoms with Crippen LogP contribution in [0.4, 0.5) is 5.69 Å². The number of methoxy groups -OCH3 is 1. The van der Waals surface area contributed by atoms with Gasteiger partial charge in [0.1, 0.15) is 17.1 Å². The number of nitrogens with one attached hydrogen (secondary N) is 1. The molecule has 5 nitrogen and oxygen atoms in total. The standard InChI is InChI=1S/C21H21ClN2O3/c1-13-12-24(8-7-23-13)15-4-6-19-16(10-15)18(25)11-21(27-19)14-3-5-20(26-2)17(22)9-14/h3-6,9-11,13,23H,7-8,12H2,1-2H3/t13-/m1/s1. The van der Waals surface area contributed by atoms with E-state index in [-0.39, 0.29) is 5.43 Å². The molecule has 1 fully saturated rings. The Hall–Kier alpha value is -2.50. The van der Waals surface area contributed by atoms with Crippen molar-refractivity contribution in [3.8, 4) is 17.1 Å². The maximum absolute atomic E-state index is 12.7. The highest BCUT2D eigenvalue weighted by atomic mass is 35.5. The number of piperazine rings is 1. The molecule has 1 saturated heterocycles. The van der Waals surface area contributed by atoms with Gasteiger partial charge in [-0.05, 0) is 43.3 Å². The predicted octanol–water partition coefficient (Wildman–Crippen LogP) is 3.92. The molecule has 1 atom stereocenters. The Morgan fingerprint density at radius 2 is 2.07 bits per heavy atom. The van der Waals surface area contributed by atoms with Crippen molar-refractivity contribution in [3.63, 3.8) is 0 Å². The first-order chi connectivity index (χ1) is 13.0. The molecule has 4 rings (SSSR count). The van der Waals surface area contributed by atoms with Gasteiger partial charge in [0, 0.05) is 43.0 Å². The Kier molecular flexibility index (Phi) is 4.81. The predicted molar refractivity (Wildman–Crippen MR) is 109 cm³/mol. The quantitative estimate of drug-likeness (QED) is 0.741.